The van der Waals surface area contributed by atoms with Crippen molar-refractivity contribution in [2.45, 2.75) is 62.2 Å². The first-order chi connectivity index (χ1) is 25.9. The summed E-state index contributed by atoms with van der Waals surface area (Å²) in [6.45, 7) is 0.591. The second-order valence-electron chi connectivity index (χ2n) is 13.8. The number of amides is 2. The molecule has 2 amide bonds. The van der Waals surface area contributed by atoms with Crippen molar-refractivity contribution in [3.63, 3.8) is 0 Å². The van der Waals surface area contributed by atoms with Gasteiger partial charge in [-0.3, -0.25) is 0 Å². The maximum Gasteiger partial charge on any atom is 0.317 e. The van der Waals surface area contributed by atoms with Gasteiger partial charge in [0.05, 0.1) is 29.3 Å². The lowest BCUT2D eigenvalue weighted by Gasteiger charge is -2.36. The minimum Gasteiger partial charge on any atom is -0.394 e. The monoisotopic (exact) mass is 730 g/mol. The molecule has 0 unspecified atom stereocenters. The highest BCUT2D eigenvalue weighted by Gasteiger charge is 2.42. The third-order valence-corrected chi connectivity index (χ3v) is 10.7. The average Bonchev–Trinajstić information content (AvgIpc) is 3.83. The summed E-state index contributed by atoms with van der Waals surface area (Å²) in [5, 5.41) is 22.5. The fourth-order valence-corrected chi connectivity index (χ4v) is 8.22. The molecule has 3 N–H and O–H groups in total. The Bertz CT molecular complexity index is 2110. The number of aliphatic hydroxyl groups excluding tert-OH is 1. The van der Waals surface area contributed by atoms with Gasteiger partial charge >= 0.3 is 6.03 Å². The van der Waals surface area contributed by atoms with E-state index >= 15 is 4.39 Å². The number of carbonyl (C=O) groups is 1. The fourth-order valence-electron chi connectivity index (χ4n) is 8.06. The van der Waals surface area contributed by atoms with Crippen molar-refractivity contribution in [3.8, 4) is 11.5 Å². The maximum atomic E-state index is 15.5. The van der Waals surface area contributed by atoms with Gasteiger partial charge in [0.25, 0.3) is 0 Å². The number of benzene rings is 3. The normalized spacial score (nSPS) is 19.0. The van der Waals surface area contributed by atoms with E-state index < -0.39 is 11.4 Å². The number of urea groups is 1. The smallest absolute Gasteiger partial charge is 0.317 e. The standard InChI is InChI=1S/C41H40ClFN8O2/c42-30-22-34-36(38-44-25-35(43)37(48-38)46-31-18-10-19-32(23-31)47-40(53)50-21-11-20-33(50)26-52)49-51(39(34)45-24-30)41(27-12-4-1-5-13-27,28-14-6-2-7-15-28)29-16-8-3-9-17-29/h1-9,12-17,22,24-25,31-33,52H,10-11,18-21,23,26H2,(H,47,53)(H,44,46,48)/t31-,32+,33-/m0/s1. The largest absolute Gasteiger partial charge is 0.394 e. The lowest BCUT2D eigenvalue weighted by atomic mass is 9.77. The molecule has 3 aromatic heterocycles. The van der Waals surface area contributed by atoms with Crippen LogP contribution in [0.3, 0.4) is 0 Å². The topological polar surface area (TPSA) is 121 Å². The fraction of sp³-hybridized carbons (Fsp3) is 0.293. The van der Waals surface area contributed by atoms with Crippen molar-refractivity contribution >= 4 is 34.5 Å². The molecule has 1 saturated carbocycles. The van der Waals surface area contributed by atoms with Crippen LogP contribution in [0.5, 0.6) is 0 Å². The van der Waals surface area contributed by atoms with Crippen molar-refractivity contribution in [2.24, 2.45) is 0 Å². The van der Waals surface area contributed by atoms with Crippen LogP contribution in [0.4, 0.5) is 15.0 Å². The Balaban J connectivity index is 1.19. The number of aliphatic hydroxyl groups is 1. The first-order valence-corrected chi connectivity index (χ1v) is 18.5. The van der Waals surface area contributed by atoms with E-state index in [1.165, 1.54) is 0 Å². The van der Waals surface area contributed by atoms with Crippen molar-refractivity contribution in [1.29, 1.82) is 0 Å². The molecule has 270 valence electrons. The molecule has 3 aromatic carbocycles. The highest BCUT2D eigenvalue weighted by Crippen LogP contribution is 2.43. The summed E-state index contributed by atoms with van der Waals surface area (Å²) in [7, 11) is 0. The summed E-state index contributed by atoms with van der Waals surface area (Å²) < 4.78 is 17.4. The summed E-state index contributed by atoms with van der Waals surface area (Å²) in [6.07, 6.45) is 7.51. The molecule has 4 heterocycles. The number of nitrogens with zero attached hydrogens (tertiary/aromatic N) is 6. The first kappa shape index (κ1) is 34.7. The van der Waals surface area contributed by atoms with Crippen LogP contribution in [0, 0.1) is 5.82 Å². The van der Waals surface area contributed by atoms with Gasteiger partial charge < -0.3 is 20.6 Å². The third kappa shape index (κ3) is 6.59. The van der Waals surface area contributed by atoms with Crippen LogP contribution in [0.1, 0.15) is 55.2 Å². The second kappa shape index (κ2) is 14.9. The molecule has 0 radical (unpaired) electrons. The molecule has 10 nitrogen and oxygen atoms in total. The summed E-state index contributed by atoms with van der Waals surface area (Å²) >= 11 is 6.59. The number of nitrogens with one attached hydrogen (secondary N) is 2. The zero-order chi connectivity index (χ0) is 36.4. The van der Waals surface area contributed by atoms with E-state index in [4.69, 9.17) is 26.7 Å². The van der Waals surface area contributed by atoms with Crippen LogP contribution in [-0.4, -0.2) is 72.0 Å². The zero-order valence-corrected chi connectivity index (χ0v) is 29.8. The number of hydrogen-bond donors (Lipinski definition) is 3. The molecule has 0 spiro atoms. The van der Waals surface area contributed by atoms with Gasteiger partial charge in [-0.05, 0) is 61.3 Å². The summed E-state index contributed by atoms with van der Waals surface area (Å²) in [5.74, 6) is -0.311. The van der Waals surface area contributed by atoms with Crippen molar-refractivity contribution < 1.29 is 14.3 Å². The molecule has 2 fully saturated rings. The Morgan fingerprint density at radius 2 is 1.51 bits per heavy atom. The van der Waals surface area contributed by atoms with E-state index in [-0.39, 0.29) is 42.4 Å². The predicted molar refractivity (Wildman–Crippen MR) is 203 cm³/mol. The Labute approximate surface area is 312 Å². The average molecular weight is 731 g/mol. The Morgan fingerprint density at radius 3 is 2.15 bits per heavy atom. The zero-order valence-electron chi connectivity index (χ0n) is 29.1. The number of fused-ring (bicyclic) bond motifs is 1. The van der Waals surface area contributed by atoms with E-state index in [0.29, 0.717) is 34.7 Å². The molecule has 8 rings (SSSR count). The van der Waals surface area contributed by atoms with Crippen LogP contribution >= 0.6 is 11.6 Å². The maximum absolute atomic E-state index is 15.5. The first-order valence-electron chi connectivity index (χ1n) is 18.1. The number of likely N-dealkylation sites (tertiary alicyclic amines) is 1. The van der Waals surface area contributed by atoms with E-state index in [0.717, 1.165) is 55.0 Å². The van der Waals surface area contributed by atoms with Crippen LogP contribution in [0.25, 0.3) is 22.6 Å². The molecule has 1 aliphatic heterocycles. The molecule has 6 aromatic rings. The Hall–Kier alpha value is -5.39. The van der Waals surface area contributed by atoms with Gasteiger partial charge in [-0.2, -0.15) is 5.10 Å². The summed E-state index contributed by atoms with van der Waals surface area (Å²) in [5.41, 5.74) is 2.86. The quantitative estimate of drug-likeness (QED) is 0.133. The lowest BCUT2D eigenvalue weighted by Crippen LogP contribution is -2.50. The minimum atomic E-state index is -0.976. The number of hydrogen-bond acceptors (Lipinski definition) is 7. The number of halogens is 2. The van der Waals surface area contributed by atoms with E-state index in [2.05, 4.69) is 52.0 Å². The van der Waals surface area contributed by atoms with Crippen molar-refractivity contribution in [3.05, 3.63) is 137 Å². The molecule has 1 aliphatic carbocycles. The van der Waals surface area contributed by atoms with E-state index in [1.54, 1.807) is 17.2 Å². The summed E-state index contributed by atoms with van der Waals surface area (Å²) in [4.78, 5) is 28.8. The number of rotatable bonds is 9. The molecule has 53 heavy (non-hydrogen) atoms. The van der Waals surface area contributed by atoms with Crippen LogP contribution in [0.15, 0.2) is 109 Å². The lowest BCUT2D eigenvalue weighted by molar-refractivity contribution is 0.152. The number of aromatic nitrogens is 5. The number of pyridine rings is 1. The SMILES string of the molecule is O=C(N[C@@H]1CCC[C@H](Nc2nc(-c3nn(C(c4ccccc4)(c4ccccc4)c4ccccc4)c4ncc(Cl)cc34)ncc2F)C1)N1CCC[C@H]1CO. The number of carbonyl (C=O) groups excluding carboxylic acids is 1. The second-order valence-corrected chi connectivity index (χ2v) is 14.2. The van der Waals surface area contributed by atoms with E-state index in [1.807, 2.05) is 59.3 Å². The number of anilines is 1. The van der Waals surface area contributed by atoms with Gasteiger partial charge in [-0.15, -0.1) is 0 Å². The minimum absolute atomic E-state index is 0.0425. The van der Waals surface area contributed by atoms with Crippen molar-refractivity contribution in [1.82, 2.24) is 34.9 Å². The molecule has 3 atom stereocenters. The molecular formula is C41H40ClFN8O2. The van der Waals surface area contributed by atoms with Gasteiger partial charge in [0.2, 0.25) is 0 Å². The summed E-state index contributed by atoms with van der Waals surface area (Å²) in [6, 6.07) is 31.7. The molecule has 0 bridgehead atoms. The highest BCUT2D eigenvalue weighted by molar-refractivity contribution is 6.31. The molecule has 2 aliphatic rings. The Kier molecular flexibility index (Phi) is 9.76. The van der Waals surface area contributed by atoms with E-state index in [9.17, 15) is 9.90 Å². The molecule has 12 heteroatoms. The van der Waals surface area contributed by atoms with Gasteiger partial charge in [0.1, 0.15) is 11.2 Å². The van der Waals surface area contributed by atoms with Gasteiger partial charge in [-0.1, -0.05) is 103 Å². The van der Waals surface area contributed by atoms with Gasteiger partial charge in [0.15, 0.2) is 23.1 Å². The molecular weight excluding hydrogens is 691 g/mol. The molecule has 1 saturated heterocycles. The van der Waals surface area contributed by atoms with Gasteiger partial charge in [-0.25, -0.2) is 28.8 Å². The van der Waals surface area contributed by atoms with Gasteiger partial charge in [0, 0.05) is 24.8 Å². The van der Waals surface area contributed by atoms with Crippen molar-refractivity contribution in [2.75, 3.05) is 18.5 Å². The van der Waals surface area contributed by atoms with Crippen LogP contribution in [0.2, 0.25) is 5.02 Å². The Morgan fingerprint density at radius 1 is 0.868 bits per heavy atom. The third-order valence-electron chi connectivity index (χ3n) is 10.5. The highest BCUT2D eigenvalue weighted by atomic mass is 35.5. The predicted octanol–water partition coefficient (Wildman–Crippen LogP) is 7.41. The van der Waals surface area contributed by atoms with Crippen LogP contribution < -0.4 is 10.6 Å². The van der Waals surface area contributed by atoms with Crippen LogP contribution in [-0.2, 0) is 5.54 Å².